The first-order valence-corrected chi connectivity index (χ1v) is 6.49. The van der Waals surface area contributed by atoms with Gasteiger partial charge in [-0.3, -0.25) is 4.79 Å². The summed E-state index contributed by atoms with van der Waals surface area (Å²) in [5, 5.41) is 12.3. The fourth-order valence-corrected chi connectivity index (χ4v) is 2.38. The average molecular weight is 264 g/mol. The molecule has 0 spiro atoms. The van der Waals surface area contributed by atoms with E-state index in [4.69, 9.17) is 9.84 Å². The molecular formula is C14H20N2O3. The van der Waals surface area contributed by atoms with Crippen LogP contribution in [0.3, 0.4) is 0 Å². The van der Waals surface area contributed by atoms with Gasteiger partial charge in [-0.1, -0.05) is 18.2 Å². The number of hydrogen-bond donors (Lipinski definition) is 2. The lowest BCUT2D eigenvalue weighted by atomic mass is 10.00. The van der Waals surface area contributed by atoms with Crippen LogP contribution in [0.4, 0.5) is 5.69 Å². The van der Waals surface area contributed by atoms with E-state index in [1.165, 1.54) is 0 Å². The van der Waals surface area contributed by atoms with E-state index in [2.05, 4.69) is 5.32 Å². The second-order valence-electron chi connectivity index (χ2n) is 4.56. The monoisotopic (exact) mass is 264 g/mol. The number of anilines is 1. The number of ether oxygens (including phenoxy) is 1. The van der Waals surface area contributed by atoms with E-state index in [1.54, 1.807) is 12.0 Å². The lowest BCUT2D eigenvalue weighted by molar-refractivity contribution is -0.133. The summed E-state index contributed by atoms with van der Waals surface area (Å²) in [7, 11) is 1.61. The first-order valence-electron chi connectivity index (χ1n) is 6.49. The van der Waals surface area contributed by atoms with Crippen LogP contribution in [-0.2, 0) is 9.53 Å². The van der Waals surface area contributed by atoms with Gasteiger partial charge in [0.05, 0.1) is 19.1 Å². The summed E-state index contributed by atoms with van der Waals surface area (Å²) >= 11 is 0. The Labute approximate surface area is 113 Å². The Bertz CT molecular complexity index is 436. The molecule has 0 aromatic heterocycles. The predicted molar refractivity (Wildman–Crippen MR) is 73.2 cm³/mol. The van der Waals surface area contributed by atoms with Crippen LogP contribution in [0.5, 0.6) is 0 Å². The molecule has 0 saturated carbocycles. The number of carbonyl (C=O) groups excluding carboxylic acids is 1. The van der Waals surface area contributed by atoms with E-state index in [1.807, 2.05) is 24.3 Å². The van der Waals surface area contributed by atoms with Gasteiger partial charge in [0, 0.05) is 32.4 Å². The third-order valence-electron chi connectivity index (χ3n) is 3.38. The van der Waals surface area contributed by atoms with Crippen LogP contribution in [0.25, 0.3) is 0 Å². The van der Waals surface area contributed by atoms with Crippen LogP contribution in [0.1, 0.15) is 11.5 Å². The number of fused-ring (bicyclic) bond motifs is 1. The van der Waals surface area contributed by atoms with Gasteiger partial charge in [0.25, 0.3) is 0 Å². The normalized spacial score (nSPS) is 16.8. The van der Waals surface area contributed by atoms with Crippen LogP contribution in [0.2, 0.25) is 0 Å². The summed E-state index contributed by atoms with van der Waals surface area (Å²) < 4.78 is 5.01. The second kappa shape index (κ2) is 6.54. The molecule has 0 bridgehead atoms. The molecule has 0 saturated heterocycles. The van der Waals surface area contributed by atoms with Crippen molar-refractivity contribution in [2.24, 2.45) is 0 Å². The molecule has 2 rings (SSSR count). The molecule has 104 valence electrons. The highest BCUT2D eigenvalue weighted by atomic mass is 16.5. The summed E-state index contributed by atoms with van der Waals surface area (Å²) in [6.45, 7) is 1.92. The minimum atomic E-state index is -0.167. The molecule has 5 nitrogen and oxygen atoms in total. The quantitative estimate of drug-likeness (QED) is 0.792. The summed E-state index contributed by atoms with van der Waals surface area (Å²) in [5.74, 6) is -0.122. The summed E-state index contributed by atoms with van der Waals surface area (Å²) in [4.78, 5) is 14.2. The topological polar surface area (TPSA) is 61.8 Å². The van der Waals surface area contributed by atoms with E-state index in [0.717, 1.165) is 11.3 Å². The molecule has 1 aliphatic rings. The highest BCUT2D eigenvalue weighted by molar-refractivity contribution is 5.88. The van der Waals surface area contributed by atoms with Crippen LogP contribution >= 0.6 is 0 Å². The minimum Gasteiger partial charge on any atom is -0.395 e. The lowest BCUT2D eigenvalue weighted by Crippen LogP contribution is -2.39. The lowest BCUT2D eigenvalue weighted by Gasteiger charge is -2.24. The molecule has 1 aliphatic heterocycles. The van der Waals surface area contributed by atoms with Gasteiger partial charge in [0.1, 0.15) is 0 Å². The second-order valence-corrected chi connectivity index (χ2v) is 4.56. The number of rotatable bonds is 6. The highest BCUT2D eigenvalue weighted by Crippen LogP contribution is 2.32. The van der Waals surface area contributed by atoms with Gasteiger partial charge in [0.2, 0.25) is 5.91 Å². The van der Waals surface area contributed by atoms with Gasteiger partial charge in [0.15, 0.2) is 0 Å². The van der Waals surface area contributed by atoms with E-state index in [-0.39, 0.29) is 18.4 Å². The van der Waals surface area contributed by atoms with Crippen molar-refractivity contribution in [1.82, 2.24) is 4.90 Å². The number of amides is 1. The number of para-hydroxylation sites is 1. The molecule has 1 aromatic carbocycles. The van der Waals surface area contributed by atoms with Gasteiger partial charge < -0.3 is 20.1 Å². The Morgan fingerprint density at radius 2 is 2.26 bits per heavy atom. The van der Waals surface area contributed by atoms with Crippen molar-refractivity contribution in [1.29, 1.82) is 0 Å². The van der Waals surface area contributed by atoms with Crippen LogP contribution in [0.15, 0.2) is 24.3 Å². The molecule has 0 fully saturated rings. The van der Waals surface area contributed by atoms with Crippen LogP contribution in [-0.4, -0.2) is 55.9 Å². The standard InChI is InChI=1S/C14H20N2O3/c1-19-9-7-16(6-8-17)14(18)12-10-15-13-5-3-2-4-11(12)13/h2-5,12,15,17H,6-10H2,1H3. The Hall–Kier alpha value is -1.59. The van der Waals surface area contributed by atoms with Crippen LogP contribution in [0, 0.1) is 0 Å². The van der Waals surface area contributed by atoms with E-state index in [0.29, 0.717) is 26.2 Å². The Kier molecular flexibility index (Phi) is 4.76. The van der Waals surface area contributed by atoms with Crippen molar-refractivity contribution in [2.45, 2.75) is 5.92 Å². The maximum atomic E-state index is 12.5. The smallest absolute Gasteiger partial charge is 0.232 e. The van der Waals surface area contributed by atoms with E-state index in [9.17, 15) is 4.79 Å². The van der Waals surface area contributed by atoms with Crippen LogP contribution < -0.4 is 5.32 Å². The molecule has 1 atom stereocenters. The van der Waals surface area contributed by atoms with Crippen molar-refractivity contribution in [2.75, 3.05) is 45.3 Å². The molecule has 2 N–H and O–H groups in total. The minimum absolute atomic E-state index is 0.0305. The fraction of sp³-hybridized carbons (Fsp3) is 0.500. The number of aliphatic hydroxyl groups is 1. The summed E-state index contributed by atoms with van der Waals surface area (Å²) in [6.07, 6.45) is 0. The first kappa shape index (κ1) is 13.8. The molecule has 5 heteroatoms. The number of aliphatic hydroxyl groups excluding tert-OH is 1. The number of hydrogen-bond acceptors (Lipinski definition) is 4. The largest absolute Gasteiger partial charge is 0.395 e. The predicted octanol–water partition coefficient (Wildman–Crippen LogP) is 0.663. The SMILES string of the molecule is COCCN(CCO)C(=O)C1CNc2ccccc21. The Balaban J connectivity index is 2.10. The Morgan fingerprint density at radius 3 is 3.00 bits per heavy atom. The van der Waals surface area contributed by atoms with Gasteiger partial charge in [-0.05, 0) is 11.6 Å². The van der Waals surface area contributed by atoms with Crippen molar-refractivity contribution >= 4 is 11.6 Å². The maximum absolute atomic E-state index is 12.5. The Morgan fingerprint density at radius 1 is 1.47 bits per heavy atom. The average Bonchev–Trinajstić information content (AvgIpc) is 2.86. The number of methoxy groups -OCH3 is 1. The zero-order valence-corrected chi connectivity index (χ0v) is 11.1. The zero-order valence-electron chi connectivity index (χ0n) is 11.1. The molecular weight excluding hydrogens is 244 g/mol. The van der Waals surface area contributed by atoms with E-state index >= 15 is 0 Å². The summed E-state index contributed by atoms with van der Waals surface area (Å²) in [5.41, 5.74) is 2.06. The molecule has 1 heterocycles. The molecule has 19 heavy (non-hydrogen) atoms. The van der Waals surface area contributed by atoms with Gasteiger partial charge >= 0.3 is 0 Å². The third kappa shape index (κ3) is 3.05. The molecule has 1 aromatic rings. The molecule has 1 amide bonds. The van der Waals surface area contributed by atoms with Crippen molar-refractivity contribution < 1.29 is 14.6 Å². The number of carbonyl (C=O) groups is 1. The highest BCUT2D eigenvalue weighted by Gasteiger charge is 2.31. The molecule has 1 unspecified atom stereocenters. The molecule has 0 aliphatic carbocycles. The van der Waals surface area contributed by atoms with Gasteiger partial charge in [-0.15, -0.1) is 0 Å². The van der Waals surface area contributed by atoms with Crippen molar-refractivity contribution in [3.05, 3.63) is 29.8 Å². The zero-order chi connectivity index (χ0) is 13.7. The van der Waals surface area contributed by atoms with Crippen molar-refractivity contribution in [3.63, 3.8) is 0 Å². The third-order valence-corrected chi connectivity index (χ3v) is 3.38. The fourth-order valence-electron chi connectivity index (χ4n) is 2.38. The number of nitrogens with one attached hydrogen (secondary N) is 1. The first-order chi connectivity index (χ1) is 9.27. The number of nitrogens with zero attached hydrogens (tertiary/aromatic N) is 1. The maximum Gasteiger partial charge on any atom is 0.232 e. The number of benzene rings is 1. The van der Waals surface area contributed by atoms with E-state index < -0.39 is 0 Å². The molecule has 0 radical (unpaired) electrons. The summed E-state index contributed by atoms with van der Waals surface area (Å²) in [6, 6.07) is 7.85. The van der Waals surface area contributed by atoms with Gasteiger partial charge in [-0.2, -0.15) is 0 Å². The van der Waals surface area contributed by atoms with Gasteiger partial charge in [-0.25, -0.2) is 0 Å². The van der Waals surface area contributed by atoms with Crippen molar-refractivity contribution in [3.8, 4) is 0 Å².